The summed E-state index contributed by atoms with van der Waals surface area (Å²) >= 11 is 0. The standard InChI is InChI=1S/C39H42N8O7/c1-51-39(50)45-30-23-52-17-2-3-18-53-33-20-26(12-13-27(33)29-22-42-35(44-29)31-6-4-15-46(31)37(30)48)24-8-10-25(11-9-24)28-21-41-34(43-28)32-7-5-16-47(32)38(49)36-40-14-19-54-36/h8-14,19-22,30-32H,2-7,15-18,23H2,1H3,(H,41,43)(H,42,44)(H,45,50)/t30-,31-,32-/m0/s1. The van der Waals surface area contributed by atoms with Crippen molar-refractivity contribution in [1.29, 1.82) is 0 Å². The third kappa shape index (κ3) is 7.18. The second-order valence-electron chi connectivity index (χ2n) is 13.7. The maximum Gasteiger partial charge on any atom is 0.407 e. The Hall–Kier alpha value is -5.96. The van der Waals surface area contributed by atoms with Crippen molar-refractivity contribution in [2.75, 3.05) is 40.0 Å². The molecule has 0 unspecified atom stereocenters. The maximum absolute atomic E-state index is 13.7. The number of nitrogens with zero attached hydrogens (tertiary/aromatic N) is 5. The largest absolute Gasteiger partial charge is 0.493 e. The molecule has 3 N–H and O–H groups in total. The minimum atomic E-state index is -0.868. The summed E-state index contributed by atoms with van der Waals surface area (Å²) < 4.78 is 22.3. The summed E-state index contributed by atoms with van der Waals surface area (Å²) in [5.41, 5.74) is 5.50. The van der Waals surface area contributed by atoms with Gasteiger partial charge in [-0.05, 0) is 67.3 Å². The van der Waals surface area contributed by atoms with E-state index in [1.54, 1.807) is 16.0 Å². The zero-order valence-corrected chi connectivity index (χ0v) is 30.0. The number of imidazole rings is 2. The van der Waals surface area contributed by atoms with Gasteiger partial charge in [0, 0.05) is 25.3 Å². The zero-order chi connectivity index (χ0) is 37.0. The highest BCUT2D eigenvalue weighted by atomic mass is 16.5. The lowest BCUT2D eigenvalue weighted by Crippen LogP contribution is -2.50. The number of fused-ring (bicyclic) bond motifs is 6. The van der Waals surface area contributed by atoms with Crippen LogP contribution in [0.2, 0.25) is 0 Å². The normalized spacial score (nSPS) is 20.6. The molecule has 0 saturated carbocycles. The predicted molar refractivity (Wildman–Crippen MR) is 195 cm³/mol. The second kappa shape index (κ2) is 15.6. The van der Waals surface area contributed by atoms with E-state index in [-0.39, 0.29) is 36.4 Å². The van der Waals surface area contributed by atoms with E-state index in [1.807, 2.05) is 18.3 Å². The average molecular weight is 735 g/mol. The molecule has 5 aromatic rings. The lowest BCUT2D eigenvalue weighted by Gasteiger charge is -2.28. The van der Waals surface area contributed by atoms with Gasteiger partial charge in [0.25, 0.3) is 5.89 Å². The van der Waals surface area contributed by atoms with Crippen molar-refractivity contribution in [2.24, 2.45) is 0 Å². The average Bonchev–Trinajstić information content (AvgIpc) is 4.05. The number of carbonyl (C=O) groups is 3. The Bertz CT molecular complexity index is 2090. The molecule has 15 heteroatoms. The summed E-state index contributed by atoms with van der Waals surface area (Å²) in [4.78, 5) is 62.6. The molecule has 2 saturated heterocycles. The third-order valence-electron chi connectivity index (χ3n) is 10.3. The second-order valence-corrected chi connectivity index (χ2v) is 13.7. The Balaban J connectivity index is 1.02. The Morgan fingerprint density at radius 2 is 1.57 bits per heavy atom. The molecule has 54 heavy (non-hydrogen) atoms. The molecular weight excluding hydrogens is 692 g/mol. The van der Waals surface area contributed by atoms with Crippen LogP contribution >= 0.6 is 0 Å². The quantitative estimate of drug-likeness (QED) is 0.203. The smallest absolute Gasteiger partial charge is 0.407 e. The number of rotatable bonds is 5. The number of likely N-dealkylation sites (tertiary alicyclic amines) is 1. The van der Waals surface area contributed by atoms with E-state index in [0.717, 1.165) is 77.3 Å². The zero-order valence-electron chi connectivity index (χ0n) is 30.0. The van der Waals surface area contributed by atoms with Gasteiger partial charge in [-0.3, -0.25) is 9.59 Å². The van der Waals surface area contributed by atoms with Crippen LogP contribution in [0.1, 0.15) is 72.9 Å². The summed E-state index contributed by atoms with van der Waals surface area (Å²) in [6.07, 6.45) is 10.5. The Morgan fingerprint density at radius 3 is 2.39 bits per heavy atom. The molecule has 2 bridgehead atoms. The first-order valence-electron chi connectivity index (χ1n) is 18.4. The van der Waals surface area contributed by atoms with Crippen molar-refractivity contribution in [2.45, 2.75) is 56.7 Å². The van der Waals surface area contributed by atoms with Gasteiger partial charge in [0.15, 0.2) is 0 Å². The molecular formula is C39H42N8O7. The van der Waals surface area contributed by atoms with Crippen molar-refractivity contribution in [3.05, 3.63) is 84.9 Å². The van der Waals surface area contributed by atoms with Crippen molar-refractivity contribution in [3.8, 4) is 39.4 Å². The van der Waals surface area contributed by atoms with Crippen LogP contribution in [0.3, 0.4) is 0 Å². The Labute approximate surface area is 311 Å². The molecule has 15 nitrogen and oxygen atoms in total. The number of aromatic amines is 2. The minimum absolute atomic E-state index is 0.0402. The van der Waals surface area contributed by atoms with Gasteiger partial charge in [-0.1, -0.05) is 30.3 Å². The Kier molecular flexibility index (Phi) is 10.1. The van der Waals surface area contributed by atoms with Crippen LogP contribution in [0.5, 0.6) is 5.75 Å². The van der Waals surface area contributed by atoms with Crippen LogP contribution < -0.4 is 10.1 Å². The lowest BCUT2D eigenvalue weighted by atomic mass is 10.00. The molecule has 0 spiro atoms. The molecule has 6 heterocycles. The maximum atomic E-state index is 13.7. The number of nitrogens with one attached hydrogen (secondary N) is 3. The summed E-state index contributed by atoms with van der Waals surface area (Å²) in [6, 6.07) is 13.1. The third-order valence-corrected chi connectivity index (χ3v) is 10.3. The first-order chi connectivity index (χ1) is 26.5. The first-order valence-corrected chi connectivity index (χ1v) is 18.4. The van der Waals surface area contributed by atoms with E-state index in [1.165, 1.54) is 19.6 Å². The lowest BCUT2D eigenvalue weighted by molar-refractivity contribution is -0.136. The van der Waals surface area contributed by atoms with E-state index in [0.29, 0.717) is 38.5 Å². The summed E-state index contributed by atoms with van der Waals surface area (Å²) in [7, 11) is 1.27. The van der Waals surface area contributed by atoms with E-state index in [2.05, 4.69) is 55.6 Å². The number of alkyl carbamates (subject to hydrolysis) is 1. The number of carbonyl (C=O) groups excluding carboxylic acids is 3. The van der Waals surface area contributed by atoms with Crippen LogP contribution in [0.15, 0.2) is 71.7 Å². The highest BCUT2D eigenvalue weighted by Crippen LogP contribution is 2.38. The molecule has 8 rings (SSSR count). The first kappa shape index (κ1) is 35.1. The topological polar surface area (TPSA) is 181 Å². The molecule has 3 aliphatic heterocycles. The molecule has 3 aliphatic rings. The van der Waals surface area contributed by atoms with Gasteiger partial charge in [-0.15, -0.1) is 0 Å². The van der Waals surface area contributed by atoms with Crippen molar-refractivity contribution in [3.63, 3.8) is 0 Å². The van der Waals surface area contributed by atoms with Crippen molar-refractivity contribution >= 4 is 17.9 Å². The molecule has 3 aromatic heterocycles. The summed E-state index contributed by atoms with van der Waals surface area (Å²) in [6.45, 7) is 2.08. The van der Waals surface area contributed by atoms with Crippen LogP contribution in [0, 0.1) is 0 Å². The van der Waals surface area contributed by atoms with E-state index >= 15 is 0 Å². The number of H-pyrrole nitrogens is 2. The fourth-order valence-electron chi connectivity index (χ4n) is 7.51. The number of hydrogen-bond donors (Lipinski definition) is 3. The minimum Gasteiger partial charge on any atom is -0.493 e. The molecule has 3 atom stereocenters. The van der Waals surface area contributed by atoms with E-state index in [4.69, 9.17) is 23.6 Å². The SMILES string of the molecule is COC(=O)N[C@H]1COCCCCOc2cc(-c3ccc(-c4cnc([C@@H]5CCCN5C(=O)c5ncco5)[nH]4)cc3)ccc2-c2cnc([nH]2)[C@@H]2CCCN2C1=O. The number of ether oxygens (including phenoxy) is 3. The summed E-state index contributed by atoms with van der Waals surface area (Å²) in [5.74, 6) is 1.76. The van der Waals surface area contributed by atoms with Gasteiger partial charge in [0.1, 0.15) is 29.7 Å². The van der Waals surface area contributed by atoms with Crippen LogP contribution in [0.4, 0.5) is 4.79 Å². The number of hydrogen-bond acceptors (Lipinski definition) is 10. The number of aromatic nitrogens is 5. The fraction of sp³-hybridized carbons (Fsp3) is 0.385. The molecule has 280 valence electrons. The van der Waals surface area contributed by atoms with Crippen molar-refractivity contribution < 1.29 is 33.0 Å². The van der Waals surface area contributed by atoms with E-state index in [9.17, 15) is 14.4 Å². The molecule has 2 fully saturated rings. The van der Waals surface area contributed by atoms with Gasteiger partial charge in [-0.2, -0.15) is 0 Å². The monoisotopic (exact) mass is 734 g/mol. The molecule has 0 radical (unpaired) electrons. The summed E-state index contributed by atoms with van der Waals surface area (Å²) in [5, 5.41) is 2.64. The predicted octanol–water partition coefficient (Wildman–Crippen LogP) is 5.68. The Morgan fingerprint density at radius 1 is 0.852 bits per heavy atom. The molecule has 3 amide bonds. The highest BCUT2D eigenvalue weighted by Gasteiger charge is 2.37. The van der Waals surface area contributed by atoms with E-state index < -0.39 is 12.1 Å². The number of amides is 3. The van der Waals surface area contributed by atoms with Crippen molar-refractivity contribution in [1.82, 2.24) is 40.0 Å². The molecule has 2 aromatic carbocycles. The van der Waals surface area contributed by atoms with Crippen LogP contribution in [-0.4, -0.2) is 98.7 Å². The highest BCUT2D eigenvalue weighted by molar-refractivity contribution is 5.90. The van der Waals surface area contributed by atoms with Crippen LogP contribution in [-0.2, 0) is 14.3 Å². The number of oxazole rings is 1. The van der Waals surface area contributed by atoms with Gasteiger partial charge in [-0.25, -0.2) is 19.7 Å². The van der Waals surface area contributed by atoms with Crippen LogP contribution in [0.25, 0.3) is 33.6 Å². The number of methoxy groups -OCH3 is 1. The molecule has 0 aliphatic carbocycles. The fourth-order valence-corrected chi connectivity index (χ4v) is 7.51. The van der Waals surface area contributed by atoms with Gasteiger partial charge in [0.05, 0.1) is 62.4 Å². The van der Waals surface area contributed by atoms with Gasteiger partial charge >= 0.3 is 12.0 Å². The number of benzene rings is 2. The van der Waals surface area contributed by atoms with Gasteiger partial charge in [0.2, 0.25) is 5.91 Å². The van der Waals surface area contributed by atoms with Gasteiger partial charge < -0.3 is 43.7 Å².